The Kier molecular flexibility index (Phi) is 2.97. The van der Waals surface area contributed by atoms with Crippen molar-refractivity contribution < 1.29 is 0 Å². The summed E-state index contributed by atoms with van der Waals surface area (Å²) in [5.74, 6) is 2.09. The van der Waals surface area contributed by atoms with Crippen molar-refractivity contribution in [3.63, 3.8) is 0 Å². The van der Waals surface area contributed by atoms with Crippen LogP contribution in [-0.2, 0) is 0 Å². The van der Waals surface area contributed by atoms with Gasteiger partial charge < -0.3 is 0 Å². The molecule has 0 spiro atoms. The van der Waals surface area contributed by atoms with E-state index >= 15 is 0 Å². The maximum absolute atomic E-state index is 2.76. The van der Waals surface area contributed by atoms with Gasteiger partial charge >= 0.3 is 0 Å². The fraction of sp³-hybridized carbons (Fsp3) is 1.00. The van der Waals surface area contributed by atoms with Crippen molar-refractivity contribution in [3.05, 3.63) is 0 Å². The first-order chi connectivity index (χ1) is 7.72. The van der Waals surface area contributed by atoms with E-state index in [2.05, 4.69) is 23.6 Å². The van der Waals surface area contributed by atoms with E-state index in [1.165, 1.54) is 51.9 Å². The highest BCUT2D eigenvalue weighted by molar-refractivity contribution is 4.90. The maximum Gasteiger partial charge on any atom is 0.0198 e. The number of hydrogen-bond donors (Lipinski definition) is 0. The van der Waals surface area contributed by atoms with Crippen molar-refractivity contribution in [2.24, 2.45) is 11.8 Å². The standard InChI is InChI=1S/C14H26N2/c1-11-7-15(9-13-3-4-13)8-12(2)16(11)10-14-5-6-14/h11-14H,3-10H2,1-2H3/t11-,12+. The molecule has 3 rings (SSSR count). The molecular formula is C14H26N2. The molecular weight excluding hydrogens is 196 g/mol. The molecule has 2 heteroatoms. The van der Waals surface area contributed by atoms with Crippen LogP contribution < -0.4 is 0 Å². The molecule has 1 heterocycles. The van der Waals surface area contributed by atoms with Gasteiger partial charge in [-0.25, -0.2) is 0 Å². The third-order valence-electron chi connectivity index (χ3n) is 4.56. The molecule has 2 aliphatic carbocycles. The van der Waals surface area contributed by atoms with Crippen molar-refractivity contribution in [1.29, 1.82) is 0 Å². The second-order valence-corrected chi connectivity index (χ2v) is 6.50. The van der Waals surface area contributed by atoms with Gasteiger partial charge in [0, 0.05) is 38.3 Å². The first-order valence-electron chi connectivity index (χ1n) is 7.20. The predicted octanol–water partition coefficient (Wildman–Crippen LogP) is 2.20. The highest BCUT2D eigenvalue weighted by Gasteiger charge is 2.35. The molecule has 0 unspecified atom stereocenters. The molecule has 3 fully saturated rings. The van der Waals surface area contributed by atoms with Gasteiger partial charge in [0.2, 0.25) is 0 Å². The molecule has 1 saturated heterocycles. The van der Waals surface area contributed by atoms with Crippen molar-refractivity contribution >= 4 is 0 Å². The van der Waals surface area contributed by atoms with Gasteiger partial charge in [0.1, 0.15) is 0 Å². The van der Waals surface area contributed by atoms with Crippen LogP contribution in [0, 0.1) is 11.8 Å². The summed E-state index contributed by atoms with van der Waals surface area (Å²) < 4.78 is 0. The normalized spacial score (nSPS) is 37.9. The number of rotatable bonds is 4. The third-order valence-corrected chi connectivity index (χ3v) is 4.56. The van der Waals surface area contributed by atoms with Gasteiger partial charge in [-0.15, -0.1) is 0 Å². The van der Waals surface area contributed by atoms with Crippen LogP contribution in [0.3, 0.4) is 0 Å². The monoisotopic (exact) mass is 222 g/mol. The predicted molar refractivity (Wildman–Crippen MR) is 67.5 cm³/mol. The Morgan fingerprint density at radius 2 is 1.31 bits per heavy atom. The van der Waals surface area contributed by atoms with E-state index < -0.39 is 0 Å². The molecule has 2 saturated carbocycles. The summed E-state index contributed by atoms with van der Waals surface area (Å²) >= 11 is 0. The van der Waals surface area contributed by atoms with E-state index in [-0.39, 0.29) is 0 Å². The molecule has 0 aromatic rings. The lowest BCUT2D eigenvalue weighted by Gasteiger charge is -2.44. The van der Waals surface area contributed by atoms with Gasteiger partial charge in [-0.05, 0) is 51.4 Å². The van der Waals surface area contributed by atoms with Gasteiger partial charge in [0.15, 0.2) is 0 Å². The van der Waals surface area contributed by atoms with Gasteiger partial charge in [-0.2, -0.15) is 0 Å². The van der Waals surface area contributed by atoms with Crippen molar-refractivity contribution in [3.8, 4) is 0 Å². The van der Waals surface area contributed by atoms with Gasteiger partial charge in [-0.1, -0.05) is 0 Å². The van der Waals surface area contributed by atoms with Crippen LogP contribution >= 0.6 is 0 Å². The Bertz CT molecular complexity index is 233. The van der Waals surface area contributed by atoms with Crippen molar-refractivity contribution in [2.75, 3.05) is 26.2 Å². The molecule has 0 aromatic carbocycles. The van der Waals surface area contributed by atoms with E-state index in [0.29, 0.717) is 0 Å². The quantitative estimate of drug-likeness (QED) is 0.719. The SMILES string of the molecule is C[C@@H]1CN(CC2CC2)C[C@H](C)N1CC1CC1. The minimum absolute atomic E-state index is 0.781. The van der Waals surface area contributed by atoms with Crippen molar-refractivity contribution in [1.82, 2.24) is 9.80 Å². The molecule has 92 valence electrons. The Morgan fingerprint density at radius 3 is 1.81 bits per heavy atom. The van der Waals surface area contributed by atoms with Crippen molar-refractivity contribution in [2.45, 2.75) is 51.6 Å². The highest BCUT2D eigenvalue weighted by atomic mass is 15.3. The second-order valence-electron chi connectivity index (χ2n) is 6.50. The highest BCUT2D eigenvalue weighted by Crippen LogP contribution is 2.33. The van der Waals surface area contributed by atoms with Crippen LogP contribution in [0.1, 0.15) is 39.5 Å². The third kappa shape index (κ3) is 2.60. The summed E-state index contributed by atoms with van der Waals surface area (Å²) in [7, 11) is 0. The molecule has 16 heavy (non-hydrogen) atoms. The first-order valence-corrected chi connectivity index (χ1v) is 7.20. The summed E-state index contributed by atoms with van der Waals surface area (Å²) in [4.78, 5) is 5.48. The zero-order valence-electron chi connectivity index (χ0n) is 10.9. The van der Waals surface area contributed by atoms with Crippen LogP contribution in [0.4, 0.5) is 0 Å². The Labute approximate surface area is 100.0 Å². The molecule has 0 amide bonds. The summed E-state index contributed by atoms with van der Waals surface area (Å²) in [6.45, 7) is 10.2. The van der Waals surface area contributed by atoms with Crippen LogP contribution in [0.15, 0.2) is 0 Å². The van der Waals surface area contributed by atoms with Crippen LogP contribution in [0.5, 0.6) is 0 Å². The van der Waals surface area contributed by atoms with Gasteiger partial charge in [0.05, 0.1) is 0 Å². The summed E-state index contributed by atoms with van der Waals surface area (Å²) in [5, 5.41) is 0. The fourth-order valence-corrected chi connectivity index (χ4v) is 3.24. The van der Waals surface area contributed by atoms with Gasteiger partial charge in [-0.3, -0.25) is 9.80 Å². The zero-order valence-corrected chi connectivity index (χ0v) is 10.9. The summed E-state index contributed by atoms with van der Waals surface area (Å²) in [6.07, 6.45) is 5.96. The zero-order chi connectivity index (χ0) is 11.1. The number of hydrogen-bond acceptors (Lipinski definition) is 2. The topological polar surface area (TPSA) is 6.48 Å². The molecule has 0 radical (unpaired) electrons. The molecule has 2 nitrogen and oxygen atoms in total. The molecule has 2 atom stereocenters. The number of nitrogens with zero attached hydrogens (tertiary/aromatic N) is 2. The van der Waals surface area contributed by atoms with Gasteiger partial charge in [0.25, 0.3) is 0 Å². The van der Waals surface area contributed by atoms with E-state index in [0.717, 1.165) is 23.9 Å². The lowest BCUT2D eigenvalue weighted by atomic mass is 10.1. The fourth-order valence-electron chi connectivity index (χ4n) is 3.24. The van der Waals surface area contributed by atoms with E-state index in [1.54, 1.807) is 0 Å². The molecule has 0 N–H and O–H groups in total. The molecule has 3 aliphatic rings. The van der Waals surface area contributed by atoms with E-state index in [9.17, 15) is 0 Å². The van der Waals surface area contributed by atoms with Crippen LogP contribution in [0.25, 0.3) is 0 Å². The maximum atomic E-state index is 2.76. The average molecular weight is 222 g/mol. The Hall–Kier alpha value is -0.0800. The largest absolute Gasteiger partial charge is 0.300 e. The smallest absolute Gasteiger partial charge is 0.0198 e. The van der Waals surface area contributed by atoms with E-state index in [4.69, 9.17) is 0 Å². The summed E-state index contributed by atoms with van der Waals surface area (Å²) in [6, 6.07) is 1.56. The molecule has 0 aromatic heterocycles. The molecule has 0 bridgehead atoms. The first kappa shape index (κ1) is 11.0. The minimum atomic E-state index is 0.781. The molecule has 1 aliphatic heterocycles. The Balaban J connectivity index is 1.53. The average Bonchev–Trinajstić information content (AvgIpc) is 3.06. The lowest BCUT2D eigenvalue weighted by Crippen LogP contribution is -2.57. The summed E-state index contributed by atoms with van der Waals surface area (Å²) in [5.41, 5.74) is 0. The Morgan fingerprint density at radius 1 is 0.812 bits per heavy atom. The second kappa shape index (κ2) is 4.30. The van der Waals surface area contributed by atoms with Crippen LogP contribution in [0.2, 0.25) is 0 Å². The minimum Gasteiger partial charge on any atom is -0.300 e. The lowest BCUT2D eigenvalue weighted by molar-refractivity contribution is 0.0334. The van der Waals surface area contributed by atoms with Crippen LogP contribution in [-0.4, -0.2) is 48.1 Å². The van der Waals surface area contributed by atoms with E-state index in [1.807, 2.05) is 0 Å². The number of piperazine rings is 1.